The molecule has 4 rings (SSSR count). The average Bonchev–Trinajstić information content (AvgIpc) is 3.22. The molecule has 11 heteroatoms. The molecule has 3 aromatic rings. The number of carbonyl (C=O) groups is 2. The largest absolute Gasteiger partial charge is 0.477 e. The van der Waals surface area contributed by atoms with Gasteiger partial charge in [-0.15, -0.1) is 11.3 Å². The average molecular weight is 507 g/mol. The van der Waals surface area contributed by atoms with E-state index < -0.39 is 31.4 Å². The van der Waals surface area contributed by atoms with Gasteiger partial charge in [-0.1, -0.05) is 24.3 Å². The van der Waals surface area contributed by atoms with Crippen molar-refractivity contribution >= 4 is 40.9 Å². The first-order valence-corrected chi connectivity index (χ1v) is 13.0. The number of hydrogen-bond acceptors (Lipinski definition) is 7. The van der Waals surface area contributed by atoms with Gasteiger partial charge in [0, 0.05) is 10.6 Å². The molecule has 0 amide bonds. The molecular weight excluding hydrogens is 484 g/mol. The Hall–Kier alpha value is -2.78. The van der Waals surface area contributed by atoms with E-state index in [1.807, 2.05) is 0 Å². The lowest BCUT2D eigenvalue weighted by atomic mass is 10.1. The maximum atomic E-state index is 15.8. The Morgan fingerprint density at radius 2 is 1.97 bits per heavy atom. The molecule has 3 atom stereocenters. The van der Waals surface area contributed by atoms with E-state index in [4.69, 9.17) is 14.0 Å². The standard InChI is InChI=1S/C23H23FNO7PS/c1-14(23(28)31-13-15-11-30-12-15)25-33(29,32-18-5-3-2-4-6-18)21(24)16-7-8-19-17(9-16)10-20(34-19)22(26)27/h2-10,14-15,21H,11-13H2,1H3,(H,25,29)(H,26,27)/t14-,21+,33?/m0/s1. The van der Waals surface area contributed by atoms with E-state index in [9.17, 15) is 19.3 Å². The first-order chi connectivity index (χ1) is 16.2. The van der Waals surface area contributed by atoms with Gasteiger partial charge in [0.15, 0.2) is 0 Å². The third-order valence-electron chi connectivity index (χ3n) is 5.20. The summed E-state index contributed by atoms with van der Waals surface area (Å²) in [6.45, 7) is 2.60. The summed E-state index contributed by atoms with van der Waals surface area (Å²) in [6.07, 6.45) is 0. The minimum atomic E-state index is -4.35. The SMILES string of the molecule is C[C@H](NP(=O)(Oc1ccccc1)[C@@H](F)c1ccc2sc(C(=O)O)cc2c1)C(=O)OCC1COC1. The first-order valence-electron chi connectivity index (χ1n) is 10.5. The van der Waals surface area contributed by atoms with Gasteiger partial charge in [-0.05, 0) is 48.2 Å². The molecule has 34 heavy (non-hydrogen) atoms. The number of carboxylic acid groups (broad SMARTS) is 1. The smallest absolute Gasteiger partial charge is 0.355 e. The van der Waals surface area contributed by atoms with Crippen molar-refractivity contribution in [3.8, 4) is 5.75 Å². The molecule has 0 saturated carbocycles. The summed E-state index contributed by atoms with van der Waals surface area (Å²) in [5.41, 5.74) is 0.0289. The molecule has 2 aromatic carbocycles. The molecular formula is C23H23FNO7PS. The van der Waals surface area contributed by atoms with E-state index >= 15 is 4.39 Å². The first kappa shape index (κ1) is 24.3. The number of halogens is 1. The zero-order chi connectivity index (χ0) is 24.3. The molecule has 2 N–H and O–H groups in total. The Labute approximate surface area is 199 Å². The highest BCUT2D eigenvalue weighted by atomic mass is 32.1. The van der Waals surface area contributed by atoms with Gasteiger partial charge in [-0.2, -0.15) is 0 Å². The number of aromatic carboxylic acids is 1. The zero-order valence-corrected chi connectivity index (χ0v) is 19.9. The fraction of sp³-hybridized carbons (Fsp3) is 0.304. The van der Waals surface area contributed by atoms with Gasteiger partial charge in [0.05, 0.1) is 19.8 Å². The number of carboxylic acids is 1. The quantitative estimate of drug-likeness (QED) is 0.291. The van der Waals surface area contributed by atoms with E-state index in [0.29, 0.717) is 23.3 Å². The lowest BCUT2D eigenvalue weighted by molar-refractivity contribution is -0.152. The maximum absolute atomic E-state index is 15.8. The van der Waals surface area contributed by atoms with Crippen molar-refractivity contribution in [1.82, 2.24) is 5.09 Å². The van der Waals surface area contributed by atoms with Crippen LogP contribution >= 0.6 is 18.9 Å². The van der Waals surface area contributed by atoms with Crippen LogP contribution in [0, 0.1) is 5.92 Å². The molecule has 1 fully saturated rings. The zero-order valence-electron chi connectivity index (χ0n) is 18.2. The minimum absolute atomic E-state index is 0.0289. The van der Waals surface area contributed by atoms with Crippen LogP contribution in [-0.4, -0.2) is 42.9 Å². The number of carbonyl (C=O) groups excluding carboxylic acids is 1. The monoisotopic (exact) mass is 507 g/mol. The van der Waals surface area contributed by atoms with Crippen LogP contribution in [0.1, 0.15) is 28.1 Å². The summed E-state index contributed by atoms with van der Waals surface area (Å²) >= 11 is 1.06. The molecule has 8 nitrogen and oxygen atoms in total. The van der Waals surface area contributed by atoms with E-state index in [1.54, 1.807) is 24.3 Å². The Kier molecular flexibility index (Phi) is 7.33. The Morgan fingerprint density at radius 3 is 2.62 bits per heavy atom. The highest BCUT2D eigenvalue weighted by Crippen LogP contribution is 2.58. The maximum Gasteiger partial charge on any atom is 0.355 e. The predicted molar refractivity (Wildman–Crippen MR) is 125 cm³/mol. The number of alkyl halides is 1. The Bertz CT molecular complexity index is 1230. The van der Waals surface area contributed by atoms with Crippen molar-refractivity contribution in [2.75, 3.05) is 19.8 Å². The van der Waals surface area contributed by atoms with E-state index in [1.165, 1.54) is 37.3 Å². The molecule has 1 unspecified atom stereocenters. The van der Waals surface area contributed by atoms with Crippen molar-refractivity contribution < 1.29 is 37.6 Å². The van der Waals surface area contributed by atoms with Crippen LogP contribution in [-0.2, 0) is 18.8 Å². The number of fused-ring (bicyclic) bond motifs is 1. The fourth-order valence-electron chi connectivity index (χ4n) is 3.32. The molecule has 1 aliphatic heterocycles. The molecule has 0 spiro atoms. The lowest BCUT2D eigenvalue weighted by Crippen LogP contribution is -2.38. The van der Waals surface area contributed by atoms with Crippen LogP contribution in [0.2, 0.25) is 0 Å². The van der Waals surface area contributed by atoms with Gasteiger partial charge in [0.2, 0.25) is 5.91 Å². The van der Waals surface area contributed by atoms with E-state index in [0.717, 1.165) is 11.3 Å². The van der Waals surface area contributed by atoms with Gasteiger partial charge < -0.3 is 19.1 Å². The molecule has 1 saturated heterocycles. The lowest BCUT2D eigenvalue weighted by Gasteiger charge is -2.28. The Morgan fingerprint density at radius 1 is 1.24 bits per heavy atom. The van der Waals surface area contributed by atoms with Gasteiger partial charge in [-0.3, -0.25) is 9.36 Å². The molecule has 0 aliphatic carbocycles. The fourth-order valence-corrected chi connectivity index (χ4v) is 6.11. The number of esters is 1. The number of benzene rings is 2. The van der Waals surface area contributed by atoms with Crippen molar-refractivity contribution in [1.29, 1.82) is 0 Å². The predicted octanol–water partition coefficient (Wildman–Crippen LogP) is 5.01. The van der Waals surface area contributed by atoms with Gasteiger partial charge in [-0.25, -0.2) is 14.3 Å². The highest BCUT2D eigenvalue weighted by molar-refractivity contribution is 7.57. The second-order valence-corrected chi connectivity index (χ2v) is 11.1. The third-order valence-corrected chi connectivity index (χ3v) is 8.43. The number of ether oxygens (including phenoxy) is 2. The minimum Gasteiger partial charge on any atom is -0.477 e. The molecule has 180 valence electrons. The Balaban J connectivity index is 1.58. The van der Waals surface area contributed by atoms with Crippen molar-refractivity contribution in [3.63, 3.8) is 0 Å². The topological polar surface area (TPSA) is 111 Å². The van der Waals surface area contributed by atoms with Crippen LogP contribution in [0.4, 0.5) is 4.39 Å². The van der Waals surface area contributed by atoms with Crippen LogP contribution < -0.4 is 9.61 Å². The molecule has 0 bridgehead atoms. The number of nitrogens with one attached hydrogen (secondary N) is 1. The van der Waals surface area contributed by atoms with Crippen LogP contribution in [0.5, 0.6) is 5.75 Å². The second-order valence-electron chi connectivity index (χ2n) is 7.93. The summed E-state index contributed by atoms with van der Waals surface area (Å²) in [5.74, 6) is -3.63. The van der Waals surface area contributed by atoms with Crippen LogP contribution in [0.25, 0.3) is 10.1 Å². The summed E-state index contributed by atoms with van der Waals surface area (Å²) in [6, 6.07) is 12.8. The molecule has 0 radical (unpaired) electrons. The van der Waals surface area contributed by atoms with Crippen LogP contribution in [0.15, 0.2) is 54.6 Å². The summed E-state index contributed by atoms with van der Waals surface area (Å²) in [4.78, 5) is 23.8. The van der Waals surface area contributed by atoms with Gasteiger partial charge >= 0.3 is 19.5 Å². The second kappa shape index (κ2) is 10.2. The third kappa shape index (κ3) is 5.47. The molecule has 2 heterocycles. The van der Waals surface area contributed by atoms with Crippen molar-refractivity contribution in [3.05, 3.63) is 65.0 Å². The van der Waals surface area contributed by atoms with E-state index in [-0.39, 0.29) is 28.7 Å². The highest BCUT2D eigenvalue weighted by Gasteiger charge is 2.41. The summed E-state index contributed by atoms with van der Waals surface area (Å²) < 4.78 is 46.2. The van der Waals surface area contributed by atoms with Gasteiger partial charge in [0.25, 0.3) is 0 Å². The van der Waals surface area contributed by atoms with Gasteiger partial charge in [0.1, 0.15) is 16.7 Å². The van der Waals surface area contributed by atoms with Crippen molar-refractivity contribution in [2.45, 2.75) is 18.9 Å². The number of hydrogen-bond donors (Lipinski definition) is 2. The van der Waals surface area contributed by atoms with Crippen LogP contribution in [0.3, 0.4) is 0 Å². The number of thiophene rings is 1. The molecule has 1 aliphatic rings. The van der Waals surface area contributed by atoms with E-state index in [2.05, 4.69) is 5.09 Å². The summed E-state index contributed by atoms with van der Waals surface area (Å²) in [7, 11) is -4.35. The molecule has 1 aromatic heterocycles. The number of para-hydroxylation sites is 1. The normalized spacial score (nSPS) is 17.4. The number of rotatable bonds is 10. The van der Waals surface area contributed by atoms with Crippen molar-refractivity contribution in [2.24, 2.45) is 5.92 Å². The summed E-state index contributed by atoms with van der Waals surface area (Å²) in [5, 5.41) is 12.3.